The molecule has 5 nitrogen and oxygen atoms in total. The smallest absolute Gasteiger partial charge is 0.410 e. The molecule has 0 atom stereocenters. The van der Waals surface area contributed by atoms with E-state index in [2.05, 4.69) is 0 Å². The molecular formula is C16H21NO4S. The highest BCUT2D eigenvalue weighted by atomic mass is 32.1. The lowest BCUT2D eigenvalue weighted by Gasteiger charge is -2.29. The summed E-state index contributed by atoms with van der Waals surface area (Å²) in [6.45, 7) is 6.71. The number of nitrogens with zero attached hydrogens (tertiary/aromatic N) is 1. The molecule has 6 heteroatoms. The summed E-state index contributed by atoms with van der Waals surface area (Å²) in [7, 11) is 1.38. The lowest BCUT2D eigenvalue weighted by Crippen LogP contribution is -2.39. The topological polar surface area (TPSA) is 55.8 Å². The summed E-state index contributed by atoms with van der Waals surface area (Å²) in [5.74, 6) is -0.317. The SMILES string of the molecule is COC(=O)c1ccc(C2=CCN(C(=O)OC(C)(C)C)CC2)s1. The maximum absolute atomic E-state index is 12.0. The number of thiophene rings is 1. The van der Waals surface area contributed by atoms with Crippen molar-refractivity contribution in [2.75, 3.05) is 20.2 Å². The standard InChI is InChI=1S/C16H21NO4S/c1-16(2,3)21-15(19)17-9-7-11(8-10-17)12-5-6-13(22-12)14(18)20-4/h5-7H,8-10H2,1-4H3. The predicted molar refractivity (Wildman–Crippen MR) is 86.1 cm³/mol. The van der Waals surface area contributed by atoms with Gasteiger partial charge >= 0.3 is 12.1 Å². The summed E-state index contributed by atoms with van der Waals surface area (Å²) in [6, 6.07) is 3.69. The van der Waals surface area contributed by atoms with E-state index in [0.29, 0.717) is 18.0 Å². The van der Waals surface area contributed by atoms with Crippen molar-refractivity contribution in [3.8, 4) is 0 Å². The van der Waals surface area contributed by atoms with E-state index in [4.69, 9.17) is 9.47 Å². The number of ether oxygens (including phenoxy) is 2. The summed E-state index contributed by atoms with van der Waals surface area (Å²) < 4.78 is 10.1. The highest BCUT2D eigenvalue weighted by molar-refractivity contribution is 7.15. The minimum absolute atomic E-state index is 0.288. The monoisotopic (exact) mass is 323 g/mol. The van der Waals surface area contributed by atoms with E-state index in [1.165, 1.54) is 18.4 Å². The minimum Gasteiger partial charge on any atom is -0.465 e. The number of hydrogen-bond acceptors (Lipinski definition) is 5. The molecule has 1 amide bonds. The predicted octanol–water partition coefficient (Wildman–Crippen LogP) is 3.56. The van der Waals surface area contributed by atoms with E-state index >= 15 is 0 Å². The van der Waals surface area contributed by atoms with Crippen LogP contribution in [-0.4, -0.2) is 42.8 Å². The van der Waals surface area contributed by atoms with Crippen LogP contribution in [0.25, 0.3) is 5.57 Å². The largest absolute Gasteiger partial charge is 0.465 e. The maximum atomic E-state index is 12.0. The Kier molecular flexibility index (Phi) is 4.90. The van der Waals surface area contributed by atoms with E-state index in [1.807, 2.05) is 32.9 Å². The van der Waals surface area contributed by atoms with Gasteiger partial charge in [0.1, 0.15) is 10.5 Å². The van der Waals surface area contributed by atoms with Gasteiger partial charge in [-0.2, -0.15) is 0 Å². The van der Waals surface area contributed by atoms with Gasteiger partial charge < -0.3 is 14.4 Å². The molecule has 22 heavy (non-hydrogen) atoms. The van der Waals surface area contributed by atoms with Crippen molar-refractivity contribution >= 4 is 29.0 Å². The Morgan fingerprint density at radius 3 is 2.55 bits per heavy atom. The zero-order chi connectivity index (χ0) is 16.3. The van der Waals surface area contributed by atoms with Crippen LogP contribution >= 0.6 is 11.3 Å². The first kappa shape index (κ1) is 16.5. The van der Waals surface area contributed by atoms with Crippen LogP contribution in [0.5, 0.6) is 0 Å². The Balaban J connectivity index is 2.01. The molecule has 2 heterocycles. The third kappa shape index (κ3) is 4.10. The van der Waals surface area contributed by atoms with E-state index in [9.17, 15) is 9.59 Å². The Hall–Kier alpha value is -1.82. The number of carbonyl (C=O) groups is 2. The molecule has 0 aliphatic carbocycles. The number of carbonyl (C=O) groups excluding carboxylic acids is 2. The molecular weight excluding hydrogens is 302 g/mol. The minimum atomic E-state index is -0.482. The van der Waals surface area contributed by atoms with Crippen LogP contribution in [0.15, 0.2) is 18.2 Å². The second-order valence-corrected chi connectivity index (χ2v) is 7.14. The normalized spacial score (nSPS) is 15.3. The summed E-state index contributed by atoms with van der Waals surface area (Å²) in [4.78, 5) is 26.8. The summed E-state index contributed by atoms with van der Waals surface area (Å²) in [5.41, 5.74) is 0.671. The van der Waals surface area contributed by atoms with Gasteiger partial charge in [0.05, 0.1) is 7.11 Å². The van der Waals surface area contributed by atoms with Crippen molar-refractivity contribution in [3.63, 3.8) is 0 Å². The average Bonchev–Trinajstić information content (AvgIpc) is 2.94. The summed E-state index contributed by atoms with van der Waals surface area (Å²) in [5, 5.41) is 0. The highest BCUT2D eigenvalue weighted by Crippen LogP contribution is 2.29. The number of amides is 1. The first-order chi connectivity index (χ1) is 10.3. The van der Waals surface area contributed by atoms with Gasteiger partial charge in [-0.1, -0.05) is 6.08 Å². The molecule has 0 unspecified atom stereocenters. The molecule has 0 spiro atoms. The number of hydrogen-bond donors (Lipinski definition) is 0. The van der Waals surface area contributed by atoms with Crippen LogP contribution in [0.2, 0.25) is 0 Å². The molecule has 0 N–H and O–H groups in total. The third-order valence-corrected chi connectivity index (χ3v) is 4.31. The van der Waals surface area contributed by atoms with Crippen molar-refractivity contribution in [2.24, 2.45) is 0 Å². The third-order valence-electron chi connectivity index (χ3n) is 3.17. The fourth-order valence-electron chi connectivity index (χ4n) is 2.11. The number of esters is 1. The molecule has 2 rings (SSSR count). The van der Waals surface area contributed by atoms with Crippen molar-refractivity contribution in [1.82, 2.24) is 4.90 Å². The van der Waals surface area contributed by atoms with Crippen molar-refractivity contribution in [1.29, 1.82) is 0 Å². The molecule has 0 radical (unpaired) electrons. The van der Waals surface area contributed by atoms with Crippen LogP contribution in [-0.2, 0) is 9.47 Å². The van der Waals surface area contributed by atoms with Crippen molar-refractivity contribution in [2.45, 2.75) is 32.8 Å². The number of rotatable bonds is 2. The van der Waals surface area contributed by atoms with Gasteiger partial charge in [-0.05, 0) is 44.9 Å². The fraction of sp³-hybridized carbons (Fsp3) is 0.500. The van der Waals surface area contributed by atoms with Crippen LogP contribution in [0.3, 0.4) is 0 Å². The maximum Gasteiger partial charge on any atom is 0.410 e. The molecule has 0 aromatic carbocycles. The Labute approximate surface area is 134 Å². The van der Waals surface area contributed by atoms with E-state index in [-0.39, 0.29) is 12.1 Å². The van der Waals surface area contributed by atoms with Gasteiger partial charge in [-0.3, -0.25) is 0 Å². The summed E-state index contributed by atoms with van der Waals surface area (Å²) >= 11 is 1.41. The first-order valence-corrected chi connectivity index (χ1v) is 7.97. The quantitative estimate of drug-likeness (QED) is 0.781. The highest BCUT2D eigenvalue weighted by Gasteiger charge is 2.24. The van der Waals surface area contributed by atoms with Crippen LogP contribution in [0.4, 0.5) is 4.79 Å². The molecule has 1 aliphatic rings. The fourth-order valence-corrected chi connectivity index (χ4v) is 3.10. The van der Waals surface area contributed by atoms with Crippen LogP contribution < -0.4 is 0 Å². The van der Waals surface area contributed by atoms with Crippen LogP contribution in [0.1, 0.15) is 41.7 Å². The molecule has 120 valence electrons. The lowest BCUT2D eigenvalue weighted by molar-refractivity contribution is 0.0270. The van der Waals surface area contributed by atoms with E-state index < -0.39 is 5.60 Å². The molecule has 0 saturated carbocycles. The molecule has 1 aromatic heterocycles. The van der Waals surface area contributed by atoms with Gasteiger partial charge in [0.2, 0.25) is 0 Å². The van der Waals surface area contributed by atoms with Crippen molar-refractivity contribution in [3.05, 3.63) is 28.0 Å². The van der Waals surface area contributed by atoms with Crippen LogP contribution in [0, 0.1) is 0 Å². The first-order valence-electron chi connectivity index (χ1n) is 7.15. The van der Waals surface area contributed by atoms with E-state index in [1.54, 1.807) is 11.0 Å². The van der Waals surface area contributed by atoms with Gasteiger partial charge in [0.15, 0.2) is 0 Å². The zero-order valence-electron chi connectivity index (χ0n) is 13.3. The average molecular weight is 323 g/mol. The summed E-state index contributed by atoms with van der Waals surface area (Å²) in [6.07, 6.45) is 2.48. The molecule has 1 aliphatic heterocycles. The molecule has 0 fully saturated rings. The van der Waals surface area contributed by atoms with Gasteiger partial charge in [0, 0.05) is 18.0 Å². The lowest BCUT2D eigenvalue weighted by atomic mass is 10.1. The Morgan fingerprint density at radius 2 is 2.00 bits per heavy atom. The van der Waals surface area contributed by atoms with E-state index in [0.717, 1.165) is 16.9 Å². The second-order valence-electron chi connectivity index (χ2n) is 6.06. The molecule has 0 saturated heterocycles. The van der Waals surface area contributed by atoms with Gasteiger partial charge in [-0.25, -0.2) is 9.59 Å². The Bertz CT molecular complexity index is 598. The zero-order valence-corrected chi connectivity index (χ0v) is 14.2. The number of methoxy groups -OCH3 is 1. The molecule has 0 bridgehead atoms. The van der Waals surface area contributed by atoms with Gasteiger partial charge in [-0.15, -0.1) is 11.3 Å². The second kappa shape index (κ2) is 6.52. The Morgan fingerprint density at radius 1 is 1.27 bits per heavy atom. The molecule has 1 aromatic rings. The van der Waals surface area contributed by atoms with Crippen molar-refractivity contribution < 1.29 is 19.1 Å². The van der Waals surface area contributed by atoms with Gasteiger partial charge in [0.25, 0.3) is 0 Å².